The van der Waals surface area contributed by atoms with Gasteiger partial charge in [-0.1, -0.05) is 12.1 Å². The van der Waals surface area contributed by atoms with Gasteiger partial charge in [-0.25, -0.2) is 9.18 Å². The summed E-state index contributed by atoms with van der Waals surface area (Å²) in [4.78, 5) is 17.8. The van der Waals surface area contributed by atoms with E-state index in [1.54, 1.807) is 19.0 Å². The minimum atomic E-state index is -0.180. The predicted molar refractivity (Wildman–Crippen MR) is 81.8 cm³/mol. The van der Waals surface area contributed by atoms with Crippen LogP contribution in [0.1, 0.15) is 12.0 Å². The molecule has 1 aromatic rings. The first-order valence-corrected chi connectivity index (χ1v) is 7.49. The minimum Gasteiger partial charge on any atom is -0.331 e. The van der Waals surface area contributed by atoms with Gasteiger partial charge >= 0.3 is 6.03 Å². The Morgan fingerprint density at radius 1 is 1.14 bits per heavy atom. The lowest BCUT2D eigenvalue weighted by molar-refractivity contribution is 0.122. The molecule has 0 saturated carbocycles. The Bertz CT molecular complexity index is 453. The van der Waals surface area contributed by atoms with Crippen molar-refractivity contribution in [2.24, 2.45) is 0 Å². The molecule has 1 aromatic carbocycles. The number of hydrogen-bond donors (Lipinski definition) is 0. The van der Waals surface area contributed by atoms with Crippen LogP contribution in [-0.2, 0) is 6.42 Å². The summed E-state index contributed by atoms with van der Waals surface area (Å²) in [7, 11) is 3.58. The Hall–Kier alpha value is -1.62. The molecule has 1 fully saturated rings. The van der Waals surface area contributed by atoms with Crippen LogP contribution >= 0.6 is 0 Å². The van der Waals surface area contributed by atoms with Gasteiger partial charge in [-0.15, -0.1) is 0 Å². The zero-order valence-corrected chi connectivity index (χ0v) is 12.9. The average Bonchev–Trinajstić information content (AvgIpc) is 2.49. The molecule has 0 unspecified atom stereocenters. The molecule has 0 aliphatic carbocycles. The summed E-state index contributed by atoms with van der Waals surface area (Å²) in [5, 5.41) is 0. The molecule has 4 nitrogen and oxygen atoms in total. The van der Waals surface area contributed by atoms with Gasteiger partial charge in [0.15, 0.2) is 0 Å². The van der Waals surface area contributed by atoms with Crippen molar-refractivity contribution in [3.05, 3.63) is 35.6 Å². The fourth-order valence-electron chi connectivity index (χ4n) is 2.60. The van der Waals surface area contributed by atoms with E-state index >= 15 is 0 Å². The van der Waals surface area contributed by atoms with Gasteiger partial charge in [0.25, 0.3) is 0 Å². The Morgan fingerprint density at radius 3 is 2.33 bits per heavy atom. The van der Waals surface area contributed by atoms with Crippen molar-refractivity contribution in [1.82, 2.24) is 14.7 Å². The molecule has 21 heavy (non-hydrogen) atoms. The van der Waals surface area contributed by atoms with Gasteiger partial charge in [0.05, 0.1) is 0 Å². The second kappa shape index (κ2) is 7.41. The van der Waals surface area contributed by atoms with Crippen molar-refractivity contribution < 1.29 is 9.18 Å². The molecule has 2 rings (SSSR count). The summed E-state index contributed by atoms with van der Waals surface area (Å²) in [6, 6.07) is 6.83. The highest BCUT2D eigenvalue weighted by molar-refractivity contribution is 5.73. The fourth-order valence-corrected chi connectivity index (χ4v) is 2.60. The summed E-state index contributed by atoms with van der Waals surface area (Å²) in [6.45, 7) is 4.49. The molecule has 0 atom stereocenters. The number of rotatable bonds is 4. The van der Waals surface area contributed by atoms with E-state index in [0.29, 0.717) is 0 Å². The number of benzene rings is 1. The molecule has 1 aliphatic heterocycles. The highest BCUT2D eigenvalue weighted by Crippen LogP contribution is 2.08. The van der Waals surface area contributed by atoms with Gasteiger partial charge in [0.2, 0.25) is 0 Å². The number of nitrogens with zero attached hydrogens (tertiary/aromatic N) is 3. The third-order valence-electron chi connectivity index (χ3n) is 3.88. The number of aryl methyl sites for hydroxylation is 1. The highest BCUT2D eigenvalue weighted by Gasteiger charge is 2.21. The Morgan fingerprint density at radius 2 is 1.76 bits per heavy atom. The SMILES string of the molecule is CN(C)C(=O)N1CCN(CCCc2ccc(F)cc2)CC1. The maximum Gasteiger partial charge on any atom is 0.319 e. The van der Waals surface area contributed by atoms with E-state index in [1.807, 2.05) is 17.0 Å². The molecule has 0 spiro atoms. The number of carbonyl (C=O) groups is 1. The molecule has 5 heteroatoms. The lowest BCUT2D eigenvalue weighted by Gasteiger charge is -2.35. The number of amides is 2. The van der Waals surface area contributed by atoms with Crippen molar-refractivity contribution >= 4 is 6.03 Å². The minimum absolute atomic E-state index is 0.0981. The Kier molecular flexibility index (Phi) is 5.56. The number of carbonyl (C=O) groups excluding carboxylic acids is 1. The molecule has 0 bridgehead atoms. The lowest BCUT2D eigenvalue weighted by atomic mass is 10.1. The van der Waals surface area contributed by atoms with E-state index < -0.39 is 0 Å². The van der Waals surface area contributed by atoms with Crippen molar-refractivity contribution in [1.29, 1.82) is 0 Å². The maximum atomic E-state index is 12.8. The van der Waals surface area contributed by atoms with Gasteiger partial charge in [-0.05, 0) is 37.1 Å². The standard InChI is InChI=1S/C16H24FN3O/c1-18(2)16(21)20-12-10-19(11-13-20)9-3-4-14-5-7-15(17)8-6-14/h5-8H,3-4,9-13H2,1-2H3. The molecule has 1 heterocycles. The van der Waals surface area contributed by atoms with Crippen LogP contribution in [-0.4, -0.2) is 67.5 Å². The molecule has 1 aliphatic rings. The van der Waals surface area contributed by atoms with Gasteiger partial charge in [-0.2, -0.15) is 0 Å². The second-order valence-electron chi connectivity index (χ2n) is 5.74. The Balaban J connectivity index is 1.67. The van der Waals surface area contributed by atoms with E-state index in [4.69, 9.17) is 0 Å². The van der Waals surface area contributed by atoms with Crippen LogP contribution in [0.2, 0.25) is 0 Å². The van der Waals surface area contributed by atoms with Crippen molar-refractivity contribution in [2.45, 2.75) is 12.8 Å². The second-order valence-corrected chi connectivity index (χ2v) is 5.74. The van der Waals surface area contributed by atoms with E-state index in [2.05, 4.69) is 4.90 Å². The van der Waals surface area contributed by atoms with Gasteiger partial charge in [0.1, 0.15) is 5.82 Å². The monoisotopic (exact) mass is 293 g/mol. The summed E-state index contributed by atoms with van der Waals surface area (Å²) in [5.74, 6) is -0.180. The zero-order chi connectivity index (χ0) is 15.2. The maximum absolute atomic E-state index is 12.8. The van der Waals surface area contributed by atoms with Crippen LogP contribution in [0.4, 0.5) is 9.18 Å². The topological polar surface area (TPSA) is 26.8 Å². The molecule has 116 valence electrons. The number of halogens is 1. The van der Waals surface area contributed by atoms with Crippen LogP contribution in [0, 0.1) is 5.82 Å². The van der Waals surface area contributed by atoms with Crippen LogP contribution < -0.4 is 0 Å². The van der Waals surface area contributed by atoms with Crippen molar-refractivity contribution in [3.63, 3.8) is 0 Å². The first-order chi connectivity index (χ1) is 10.1. The molecule has 0 N–H and O–H groups in total. The molecular formula is C16H24FN3O. The van der Waals surface area contributed by atoms with Crippen molar-refractivity contribution in [2.75, 3.05) is 46.8 Å². The first kappa shape index (κ1) is 15.8. The predicted octanol–water partition coefficient (Wildman–Crippen LogP) is 2.06. The molecular weight excluding hydrogens is 269 g/mol. The van der Waals surface area contributed by atoms with Crippen molar-refractivity contribution in [3.8, 4) is 0 Å². The summed E-state index contributed by atoms with van der Waals surface area (Å²) >= 11 is 0. The number of urea groups is 1. The zero-order valence-electron chi connectivity index (χ0n) is 12.9. The van der Waals surface area contributed by atoms with Gasteiger partial charge in [-0.3, -0.25) is 4.90 Å². The average molecular weight is 293 g/mol. The van der Waals surface area contributed by atoms with E-state index in [1.165, 1.54) is 17.7 Å². The lowest BCUT2D eigenvalue weighted by Crippen LogP contribution is -2.51. The molecule has 0 radical (unpaired) electrons. The first-order valence-electron chi connectivity index (χ1n) is 7.49. The van der Waals surface area contributed by atoms with Crippen LogP contribution in [0.25, 0.3) is 0 Å². The van der Waals surface area contributed by atoms with Gasteiger partial charge < -0.3 is 9.80 Å². The third-order valence-corrected chi connectivity index (χ3v) is 3.88. The van der Waals surface area contributed by atoms with E-state index in [9.17, 15) is 9.18 Å². The quantitative estimate of drug-likeness (QED) is 0.849. The molecule has 2 amide bonds. The normalized spacial score (nSPS) is 16.0. The van der Waals surface area contributed by atoms with Crippen LogP contribution in [0.3, 0.4) is 0 Å². The summed E-state index contributed by atoms with van der Waals surface area (Å²) in [5.41, 5.74) is 1.18. The largest absolute Gasteiger partial charge is 0.331 e. The van der Waals surface area contributed by atoms with E-state index in [0.717, 1.165) is 45.6 Å². The highest BCUT2D eigenvalue weighted by atomic mass is 19.1. The smallest absolute Gasteiger partial charge is 0.319 e. The summed E-state index contributed by atoms with van der Waals surface area (Å²) < 4.78 is 12.8. The summed E-state index contributed by atoms with van der Waals surface area (Å²) in [6.07, 6.45) is 2.03. The van der Waals surface area contributed by atoms with Gasteiger partial charge in [0, 0.05) is 40.3 Å². The number of piperazine rings is 1. The fraction of sp³-hybridized carbons (Fsp3) is 0.562. The van der Waals surface area contributed by atoms with Crippen LogP contribution in [0.5, 0.6) is 0 Å². The van der Waals surface area contributed by atoms with E-state index in [-0.39, 0.29) is 11.8 Å². The van der Waals surface area contributed by atoms with Crippen LogP contribution in [0.15, 0.2) is 24.3 Å². The molecule has 1 saturated heterocycles. The number of hydrogen-bond acceptors (Lipinski definition) is 2. The Labute approximate surface area is 126 Å². The molecule has 0 aromatic heterocycles. The third kappa shape index (κ3) is 4.70.